The summed E-state index contributed by atoms with van der Waals surface area (Å²) in [6.45, 7) is 10.5. The molecule has 0 amide bonds. The summed E-state index contributed by atoms with van der Waals surface area (Å²) in [6, 6.07) is 19.0. The van der Waals surface area contributed by atoms with E-state index in [1.165, 1.54) is 29.5 Å². The summed E-state index contributed by atoms with van der Waals surface area (Å²) < 4.78 is 46.4. The number of thiazole rings is 2. The molecular formula is C43H50N14O7S3. The highest BCUT2D eigenvalue weighted by molar-refractivity contribution is 7.85. The molecule has 0 aliphatic carbocycles. The first-order valence-corrected chi connectivity index (χ1v) is 24.3. The van der Waals surface area contributed by atoms with E-state index < -0.39 is 10.1 Å². The SMILES string of the molecule is CCN(CC)c1cc(Nc2nc(Nc3cc(N(CC)CC)c(OC)cc3N=Nc3nc4ccc(S(=O)(=O)O)cc4s3)nc(N(CCO)CCO)n2)c(N=Nc2nc3ccccc3s2)cc1OC. The zero-order valence-electron chi connectivity index (χ0n) is 37.6. The average Bonchev–Trinajstić information content (AvgIpc) is 3.95. The van der Waals surface area contributed by atoms with E-state index in [2.05, 4.69) is 50.9 Å². The monoisotopic (exact) mass is 970 g/mol. The van der Waals surface area contributed by atoms with Gasteiger partial charge >= 0.3 is 0 Å². The summed E-state index contributed by atoms with van der Waals surface area (Å²) in [5.74, 6) is 1.37. The van der Waals surface area contributed by atoms with Crippen molar-refractivity contribution in [3.63, 3.8) is 0 Å². The quantitative estimate of drug-likeness (QED) is 0.0313. The number of azo groups is 2. The number of aliphatic hydroxyl groups excluding tert-OH is 2. The Bertz CT molecular complexity index is 2970. The first-order valence-electron chi connectivity index (χ1n) is 21.2. The normalized spacial score (nSPS) is 11.8. The summed E-state index contributed by atoms with van der Waals surface area (Å²) in [5, 5.41) is 45.6. The minimum Gasteiger partial charge on any atom is -0.494 e. The van der Waals surface area contributed by atoms with E-state index in [0.717, 1.165) is 32.9 Å². The highest BCUT2D eigenvalue weighted by Crippen LogP contribution is 2.43. The lowest BCUT2D eigenvalue weighted by molar-refractivity contribution is 0.280. The van der Waals surface area contributed by atoms with Crippen LogP contribution in [0.5, 0.6) is 11.5 Å². The lowest BCUT2D eigenvalue weighted by atomic mass is 10.2. The highest BCUT2D eigenvalue weighted by Gasteiger charge is 2.21. The number of ether oxygens (including phenoxy) is 2. The Balaban J connectivity index is 1.35. The zero-order chi connectivity index (χ0) is 47.7. The van der Waals surface area contributed by atoms with E-state index in [1.807, 2.05) is 64.1 Å². The Morgan fingerprint density at radius 2 is 1.10 bits per heavy atom. The molecule has 0 aliphatic heterocycles. The largest absolute Gasteiger partial charge is 0.494 e. The van der Waals surface area contributed by atoms with Crippen LogP contribution in [0.4, 0.5) is 62.2 Å². The Morgan fingerprint density at radius 1 is 0.612 bits per heavy atom. The number of benzene rings is 4. The van der Waals surface area contributed by atoms with E-state index in [9.17, 15) is 23.2 Å². The van der Waals surface area contributed by atoms with Crippen molar-refractivity contribution >= 4 is 115 Å². The van der Waals surface area contributed by atoms with Crippen LogP contribution < -0.4 is 34.8 Å². The summed E-state index contributed by atoms with van der Waals surface area (Å²) in [7, 11) is -1.28. The Kier molecular flexibility index (Phi) is 15.6. The van der Waals surface area contributed by atoms with E-state index in [0.29, 0.717) is 75.8 Å². The maximum atomic E-state index is 11.8. The fourth-order valence-electron chi connectivity index (χ4n) is 7.04. The molecule has 0 saturated heterocycles. The maximum absolute atomic E-state index is 11.8. The molecule has 3 aromatic heterocycles. The molecule has 7 rings (SSSR count). The topological polar surface area (TPSA) is 261 Å². The second-order valence-electron chi connectivity index (χ2n) is 14.4. The molecule has 0 fully saturated rings. The molecule has 0 spiro atoms. The third-order valence-electron chi connectivity index (χ3n) is 10.4. The molecule has 24 heteroatoms. The maximum Gasteiger partial charge on any atom is 0.294 e. The lowest BCUT2D eigenvalue weighted by Crippen LogP contribution is -2.31. The molecule has 21 nitrogen and oxygen atoms in total. The van der Waals surface area contributed by atoms with Crippen LogP contribution in [0.2, 0.25) is 0 Å². The second-order valence-corrected chi connectivity index (χ2v) is 17.8. The van der Waals surface area contributed by atoms with Gasteiger partial charge in [-0.1, -0.05) is 34.8 Å². The Morgan fingerprint density at radius 3 is 1.57 bits per heavy atom. The van der Waals surface area contributed by atoms with Crippen LogP contribution >= 0.6 is 22.7 Å². The van der Waals surface area contributed by atoms with E-state index in [4.69, 9.17) is 24.4 Å². The molecule has 7 aromatic rings. The van der Waals surface area contributed by atoms with Gasteiger partial charge in [-0.05, 0) is 70.2 Å². The molecule has 67 heavy (non-hydrogen) atoms. The third-order valence-corrected chi connectivity index (χ3v) is 13.0. The molecular weight excluding hydrogens is 921 g/mol. The van der Waals surface area contributed by atoms with Crippen molar-refractivity contribution in [2.24, 2.45) is 20.5 Å². The van der Waals surface area contributed by atoms with Gasteiger partial charge in [0.25, 0.3) is 10.1 Å². The number of nitrogens with zero attached hydrogens (tertiary/aromatic N) is 12. The third kappa shape index (κ3) is 11.3. The number of methoxy groups -OCH3 is 2. The number of rotatable bonds is 22. The van der Waals surface area contributed by atoms with Crippen LogP contribution in [0.3, 0.4) is 0 Å². The Hall–Kier alpha value is -6.70. The molecule has 352 valence electrons. The van der Waals surface area contributed by atoms with Gasteiger partial charge in [-0.15, -0.1) is 20.5 Å². The number of anilines is 7. The van der Waals surface area contributed by atoms with Gasteiger partial charge < -0.3 is 45.0 Å². The molecule has 0 radical (unpaired) electrons. The minimum absolute atomic E-state index is 0.0633. The molecule has 0 aliphatic rings. The molecule has 0 saturated carbocycles. The number of hydrogen-bond donors (Lipinski definition) is 5. The van der Waals surface area contributed by atoms with Crippen LogP contribution in [0, 0.1) is 0 Å². The molecule has 5 N–H and O–H groups in total. The number of aliphatic hydroxyl groups is 2. The van der Waals surface area contributed by atoms with Gasteiger partial charge in [0.05, 0.1) is 75.5 Å². The zero-order valence-corrected chi connectivity index (χ0v) is 40.0. The van der Waals surface area contributed by atoms with E-state index in [-0.39, 0.29) is 54.2 Å². The van der Waals surface area contributed by atoms with Crippen LogP contribution in [0.1, 0.15) is 27.7 Å². The van der Waals surface area contributed by atoms with Crippen LogP contribution in [-0.4, -0.2) is 115 Å². The highest BCUT2D eigenvalue weighted by atomic mass is 32.2. The van der Waals surface area contributed by atoms with Crippen molar-refractivity contribution in [3.05, 3.63) is 66.7 Å². The van der Waals surface area contributed by atoms with Gasteiger partial charge in [0.15, 0.2) is 0 Å². The van der Waals surface area contributed by atoms with Gasteiger partial charge in [-0.25, -0.2) is 9.97 Å². The summed E-state index contributed by atoms with van der Waals surface area (Å²) in [4.78, 5) is 29.1. The summed E-state index contributed by atoms with van der Waals surface area (Å²) in [5.41, 5.74) is 4.40. The van der Waals surface area contributed by atoms with Gasteiger partial charge in [0.2, 0.25) is 28.1 Å². The first-order chi connectivity index (χ1) is 32.4. The minimum atomic E-state index is -4.43. The second kappa shape index (κ2) is 21.7. The number of hydrogen-bond acceptors (Lipinski definition) is 22. The fourth-order valence-corrected chi connectivity index (χ4v) is 9.23. The molecule has 0 unspecified atom stereocenters. The molecule has 3 heterocycles. The predicted molar refractivity (Wildman–Crippen MR) is 263 cm³/mol. The predicted octanol–water partition coefficient (Wildman–Crippen LogP) is 9.16. The number of nitrogens with one attached hydrogen (secondary N) is 2. The first kappa shape index (κ1) is 48.2. The van der Waals surface area contributed by atoms with E-state index in [1.54, 1.807) is 31.3 Å². The van der Waals surface area contributed by atoms with Crippen molar-refractivity contribution in [2.75, 3.05) is 92.0 Å². The van der Waals surface area contributed by atoms with Crippen molar-refractivity contribution in [1.82, 2.24) is 24.9 Å². The molecule has 0 bridgehead atoms. The van der Waals surface area contributed by atoms with Crippen molar-refractivity contribution in [1.29, 1.82) is 0 Å². The standard InChI is InChI=1S/C43H50N14O7S3/c1-7-55(8-2)33-22-29(31(24-35(33)63-5)51-53-42-46-27-13-11-12-14-37(27)65-42)44-39-48-40(50-41(49-39)57(17-19-58)18-20-59)45-30-23-34(56(9-3)10-4)36(64-6)25-32(30)52-54-43-47-28-16-15-26(67(60,61)62)21-38(28)66-43/h11-16,21-25,58-59H,7-10,17-20H2,1-6H3,(H,60,61,62)(H2,44,45,48,49,50). The average molecular weight is 971 g/mol. The summed E-state index contributed by atoms with van der Waals surface area (Å²) >= 11 is 2.49. The molecule has 0 atom stereocenters. The van der Waals surface area contributed by atoms with Crippen molar-refractivity contribution in [3.8, 4) is 11.5 Å². The number of aromatic nitrogens is 5. The van der Waals surface area contributed by atoms with E-state index >= 15 is 0 Å². The van der Waals surface area contributed by atoms with Crippen LogP contribution in [-0.2, 0) is 10.1 Å². The van der Waals surface area contributed by atoms with Gasteiger partial charge in [-0.3, -0.25) is 4.55 Å². The number of fused-ring (bicyclic) bond motifs is 2. The van der Waals surface area contributed by atoms with Crippen LogP contribution in [0.25, 0.3) is 20.4 Å². The Labute approximate surface area is 394 Å². The van der Waals surface area contributed by atoms with Crippen molar-refractivity contribution < 1.29 is 32.7 Å². The van der Waals surface area contributed by atoms with Crippen LogP contribution in [0.15, 0.2) is 92.1 Å². The van der Waals surface area contributed by atoms with Crippen molar-refractivity contribution in [2.45, 2.75) is 32.6 Å². The van der Waals surface area contributed by atoms with Gasteiger partial charge in [0, 0.05) is 51.4 Å². The van der Waals surface area contributed by atoms with Gasteiger partial charge in [0.1, 0.15) is 22.9 Å². The smallest absolute Gasteiger partial charge is 0.294 e. The molecule has 4 aromatic carbocycles. The summed E-state index contributed by atoms with van der Waals surface area (Å²) in [6.07, 6.45) is 0. The lowest BCUT2D eigenvalue weighted by Gasteiger charge is -2.25. The van der Waals surface area contributed by atoms with Gasteiger partial charge in [-0.2, -0.15) is 23.4 Å². The fraction of sp³-hybridized carbons (Fsp3) is 0.326. The number of para-hydroxylation sites is 1.